The van der Waals surface area contributed by atoms with E-state index in [1.807, 2.05) is 19.1 Å². The first-order chi connectivity index (χ1) is 15.0. The molecule has 32 heavy (non-hydrogen) atoms. The maximum Gasteiger partial charge on any atom is 0.434 e. The van der Waals surface area contributed by atoms with Gasteiger partial charge in [0.15, 0.2) is 5.69 Å². The van der Waals surface area contributed by atoms with Gasteiger partial charge in [-0.15, -0.1) is 0 Å². The number of aromatic nitrogens is 3. The number of benzene rings is 1. The van der Waals surface area contributed by atoms with E-state index in [9.17, 15) is 18.0 Å². The van der Waals surface area contributed by atoms with Crippen LogP contribution < -0.4 is 4.74 Å². The number of carbonyl (C=O) groups excluding carboxylic acids is 1. The van der Waals surface area contributed by atoms with Crippen molar-refractivity contribution in [3.63, 3.8) is 0 Å². The Bertz CT molecular complexity index is 1090. The minimum Gasteiger partial charge on any atom is -0.492 e. The number of pyridine rings is 1. The number of halogens is 3. The smallest absolute Gasteiger partial charge is 0.434 e. The number of nitrogens with zero attached hydrogens (tertiary/aromatic N) is 2. The number of alkyl halides is 3. The Morgan fingerprint density at radius 3 is 2.47 bits per heavy atom. The van der Waals surface area contributed by atoms with Gasteiger partial charge < -0.3 is 14.5 Å². The number of nitrogens with one attached hydrogen (secondary N) is 1. The van der Waals surface area contributed by atoms with Crippen molar-refractivity contribution in [1.29, 1.82) is 0 Å². The van der Waals surface area contributed by atoms with Gasteiger partial charge in [0, 0.05) is 23.5 Å². The number of aryl methyl sites for hydroxylation is 1. The number of methoxy groups -OCH3 is 1. The summed E-state index contributed by atoms with van der Waals surface area (Å²) in [5.74, 6) is 0.367. The minimum absolute atomic E-state index is 0.101. The Hall–Kier alpha value is -3.36. The molecule has 0 radical (unpaired) electrons. The van der Waals surface area contributed by atoms with Gasteiger partial charge in [-0.3, -0.25) is 9.78 Å². The molecular formula is C23H24F3N3O3. The molecule has 0 atom stereocenters. The van der Waals surface area contributed by atoms with Gasteiger partial charge in [0.2, 0.25) is 0 Å². The first-order valence-corrected chi connectivity index (χ1v) is 9.98. The molecule has 0 spiro atoms. The van der Waals surface area contributed by atoms with Gasteiger partial charge in [-0.25, -0.2) is 4.98 Å². The van der Waals surface area contributed by atoms with Gasteiger partial charge >= 0.3 is 12.1 Å². The number of aromatic amines is 1. The molecule has 0 bridgehead atoms. The summed E-state index contributed by atoms with van der Waals surface area (Å²) in [6.45, 7) is 5.65. The van der Waals surface area contributed by atoms with E-state index in [1.165, 1.54) is 13.3 Å². The van der Waals surface area contributed by atoms with Crippen molar-refractivity contribution in [3.05, 3.63) is 54.0 Å². The summed E-state index contributed by atoms with van der Waals surface area (Å²) in [6, 6.07) is 8.96. The largest absolute Gasteiger partial charge is 0.492 e. The van der Waals surface area contributed by atoms with Crippen molar-refractivity contribution in [1.82, 2.24) is 15.0 Å². The second kappa shape index (κ2) is 9.02. The molecule has 170 valence electrons. The molecule has 0 aliphatic rings. The van der Waals surface area contributed by atoms with Crippen LogP contribution >= 0.6 is 0 Å². The van der Waals surface area contributed by atoms with Gasteiger partial charge in [-0.2, -0.15) is 13.2 Å². The van der Waals surface area contributed by atoms with Crippen molar-refractivity contribution in [2.45, 2.75) is 33.4 Å². The van der Waals surface area contributed by atoms with E-state index in [0.717, 1.165) is 17.3 Å². The topological polar surface area (TPSA) is 77.1 Å². The molecule has 3 aromatic rings. The molecule has 6 nitrogen and oxygen atoms in total. The van der Waals surface area contributed by atoms with E-state index in [-0.39, 0.29) is 18.4 Å². The number of esters is 1. The lowest BCUT2D eigenvalue weighted by atomic mass is 9.95. The first-order valence-electron chi connectivity index (χ1n) is 9.98. The van der Waals surface area contributed by atoms with Crippen LogP contribution in [0.4, 0.5) is 13.2 Å². The second-order valence-electron chi connectivity index (χ2n) is 7.90. The van der Waals surface area contributed by atoms with Crippen molar-refractivity contribution < 1.29 is 27.4 Å². The average molecular weight is 447 g/mol. The van der Waals surface area contributed by atoms with Crippen molar-refractivity contribution >= 4 is 5.97 Å². The van der Waals surface area contributed by atoms with E-state index in [0.29, 0.717) is 23.4 Å². The fraction of sp³-hybridized carbons (Fsp3) is 0.348. The summed E-state index contributed by atoms with van der Waals surface area (Å²) in [7, 11) is 1.34. The molecule has 9 heteroatoms. The number of ether oxygens (including phenoxy) is 2. The Kier molecular flexibility index (Phi) is 6.57. The summed E-state index contributed by atoms with van der Waals surface area (Å²) < 4.78 is 48.9. The highest BCUT2D eigenvalue weighted by Crippen LogP contribution is 2.31. The van der Waals surface area contributed by atoms with Crippen molar-refractivity contribution in [2.24, 2.45) is 5.41 Å². The fourth-order valence-corrected chi connectivity index (χ4v) is 3.11. The summed E-state index contributed by atoms with van der Waals surface area (Å²) in [5, 5.41) is 0. The number of carbonyl (C=O) groups is 1. The van der Waals surface area contributed by atoms with Crippen LogP contribution in [0.2, 0.25) is 0 Å². The highest BCUT2D eigenvalue weighted by atomic mass is 19.4. The SMILES string of the molecule is CCc1cc(OCC(C)(C)C(=O)OC)ccc1-c1ccc(-c2nc(C(F)(F)F)c[nH]2)cn1. The maximum atomic E-state index is 12.8. The third kappa shape index (κ3) is 5.09. The molecule has 1 aromatic carbocycles. The van der Waals surface area contributed by atoms with Crippen LogP contribution in [0.25, 0.3) is 22.6 Å². The third-order valence-electron chi connectivity index (χ3n) is 4.98. The van der Waals surface area contributed by atoms with Gasteiger partial charge in [0.1, 0.15) is 18.2 Å². The first kappa shape index (κ1) is 23.3. The van der Waals surface area contributed by atoms with Gasteiger partial charge in [0.25, 0.3) is 0 Å². The van der Waals surface area contributed by atoms with Gasteiger partial charge in [-0.1, -0.05) is 6.92 Å². The molecule has 3 rings (SSSR count). The predicted molar refractivity (Wildman–Crippen MR) is 113 cm³/mol. The molecule has 0 fully saturated rings. The van der Waals surface area contributed by atoms with Crippen LogP contribution in [-0.2, 0) is 22.1 Å². The molecule has 0 saturated heterocycles. The highest BCUT2D eigenvalue weighted by Gasteiger charge is 2.34. The molecule has 0 unspecified atom stereocenters. The monoisotopic (exact) mass is 447 g/mol. The summed E-state index contributed by atoms with van der Waals surface area (Å²) in [6.07, 6.45) is -1.48. The number of hydrogen-bond acceptors (Lipinski definition) is 5. The zero-order chi connectivity index (χ0) is 23.5. The van der Waals surface area contributed by atoms with Crippen LogP contribution in [-0.4, -0.2) is 34.6 Å². The Morgan fingerprint density at radius 2 is 1.91 bits per heavy atom. The Labute approximate surface area is 183 Å². The normalized spacial score (nSPS) is 12.0. The quantitative estimate of drug-likeness (QED) is 0.498. The molecule has 2 aromatic heterocycles. The van der Waals surface area contributed by atoms with Crippen molar-refractivity contribution in [2.75, 3.05) is 13.7 Å². The van der Waals surface area contributed by atoms with Crippen molar-refractivity contribution in [3.8, 4) is 28.4 Å². The molecular weight excluding hydrogens is 423 g/mol. The van der Waals surface area contributed by atoms with Crippen LogP contribution in [0.5, 0.6) is 5.75 Å². The average Bonchev–Trinajstić information content (AvgIpc) is 3.28. The molecule has 0 saturated carbocycles. The second-order valence-corrected chi connectivity index (χ2v) is 7.90. The number of imidazole rings is 1. The van der Waals surface area contributed by atoms with Crippen LogP contribution in [0.3, 0.4) is 0 Å². The van der Waals surface area contributed by atoms with Gasteiger partial charge in [-0.05, 0) is 56.2 Å². The third-order valence-corrected chi connectivity index (χ3v) is 4.98. The zero-order valence-corrected chi connectivity index (χ0v) is 18.2. The minimum atomic E-state index is -4.51. The fourth-order valence-electron chi connectivity index (χ4n) is 3.11. The highest BCUT2D eigenvalue weighted by molar-refractivity contribution is 5.76. The van der Waals surface area contributed by atoms with Gasteiger partial charge in [0.05, 0.1) is 18.2 Å². The van der Waals surface area contributed by atoms with E-state index in [2.05, 4.69) is 15.0 Å². The lowest BCUT2D eigenvalue weighted by molar-refractivity contribution is -0.152. The molecule has 0 aliphatic heterocycles. The number of hydrogen-bond donors (Lipinski definition) is 1. The van der Waals surface area contributed by atoms with E-state index >= 15 is 0 Å². The van der Waals surface area contributed by atoms with E-state index in [1.54, 1.807) is 32.0 Å². The summed E-state index contributed by atoms with van der Waals surface area (Å²) >= 11 is 0. The lowest BCUT2D eigenvalue weighted by Crippen LogP contribution is -2.32. The predicted octanol–water partition coefficient (Wildman–Crippen LogP) is 5.30. The summed E-state index contributed by atoms with van der Waals surface area (Å²) in [5.41, 5.74) is 1.23. The lowest BCUT2D eigenvalue weighted by Gasteiger charge is -2.22. The molecule has 0 amide bonds. The Morgan fingerprint density at radius 1 is 1.16 bits per heavy atom. The standard InChI is InChI=1S/C23H24F3N3O3/c1-5-14-10-16(32-13-22(2,3)21(30)31-4)7-8-17(14)18-9-6-15(11-27-18)20-28-12-19(29-20)23(24,25)26/h6-12H,5,13H2,1-4H3,(H,28,29). The Balaban J connectivity index is 1.79. The molecule has 1 N–H and O–H groups in total. The van der Waals surface area contributed by atoms with Crippen LogP contribution in [0.1, 0.15) is 32.0 Å². The summed E-state index contributed by atoms with van der Waals surface area (Å²) in [4.78, 5) is 22.4. The number of H-pyrrole nitrogens is 1. The van der Waals surface area contributed by atoms with E-state index < -0.39 is 17.3 Å². The van der Waals surface area contributed by atoms with Crippen LogP contribution in [0, 0.1) is 5.41 Å². The number of rotatable bonds is 7. The molecule has 2 heterocycles. The maximum absolute atomic E-state index is 12.8. The van der Waals surface area contributed by atoms with Crippen LogP contribution in [0.15, 0.2) is 42.7 Å². The van der Waals surface area contributed by atoms with E-state index in [4.69, 9.17) is 9.47 Å². The zero-order valence-electron chi connectivity index (χ0n) is 18.2. The molecule has 0 aliphatic carbocycles.